The van der Waals surface area contributed by atoms with Gasteiger partial charge in [-0.15, -0.1) is 0 Å². The molecule has 130 valence electrons. The van der Waals surface area contributed by atoms with Crippen LogP contribution in [0.1, 0.15) is 59.8 Å². The van der Waals surface area contributed by atoms with Crippen molar-refractivity contribution < 1.29 is 21.8 Å². The highest BCUT2D eigenvalue weighted by atomic mass is 32.2. The van der Waals surface area contributed by atoms with E-state index in [0.29, 0.717) is 12.8 Å². The van der Waals surface area contributed by atoms with Crippen LogP contribution in [0.5, 0.6) is 0 Å². The smallest absolute Gasteiger partial charge is 0.264 e. The van der Waals surface area contributed by atoms with Crippen LogP contribution in [0, 0.1) is 0 Å². The van der Waals surface area contributed by atoms with Crippen molar-refractivity contribution in [3.05, 3.63) is 0 Å². The summed E-state index contributed by atoms with van der Waals surface area (Å²) in [6.07, 6.45) is 3.37. The fraction of sp³-hybridized carbons (Fsp3) is 1.00. The zero-order chi connectivity index (χ0) is 16.8. The summed E-state index contributed by atoms with van der Waals surface area (Å²) in [7, 11) is -3.79. The highest BCUT2D eigenvalue weighted by Gasteiger charge is 2.16. The van der Waals surface area contributed by atoms with Gasteiger partial charge in [-0.25, -0.2) is 0 Å². The van der Waals surface area contributed by atoms with Crippen LogP contribution < -0.4 is 0 Å². The molecule has 0 rings (SSSR count). The lowest BCUT2D eigenvalue weighted by atomic mass is 10.2. The van der Waals surface area contributed by atoms with Crippen molar-refractivity contribution >= 4 is 10.1 Å². The lowest BCUT2D eigenvalue weighted by Crippen LogP contribution is -2.47. The van der Waals surface area contributed by atoms with Crippen molar-refractivity contribution in [1.82, 2.24) is 0 Å². The van der Waals surface area contributed by atoms with Gasteiger partial charge < -0.3 is 4.48 Å². The third kappa shape index (κ3) is 14.5. The molecule has 0 aliphatic carbocycles. The molecule has 0 fully saturated rings. The Kier molecular flexibility index (Phi) is 14.8. The van der Waals surface area contributed by atoms with Crippen molar-refractivity contribution in [2.45, 2.75) is 59.8 Å². The lowest BCUT2D eigenvalue weighted by molar-refractivity contribution is -0.921. The van der Waals surface area contributed by atoms with Gasteiger partial charge in [-0.3, -0.25) is 8.94 Å². The maximum Gasteiger partial charge on any atom is 0.264 e. The Labute approximate surface area is 131 Å². The second-order valence-electron chi connectivity index (χ2n) is 5.35. The summed E-state index contributed by atoms with van der Waals surface area (Å²) in [5, 5.41) is 0. The van der Waals surface area contributed by atoms with E-state index in [4.69, 9.17) is 4.55 Å². The third-order valence-corrected chi connectivity index (χ3v) is 5.02. The summed E-state index contributed by atoms with van der Waals surface area (Å²) in [6.45, 7) is 13.9. The third-order valence-electron chi connectivity index (χ3n) is 4.22. The molecular weight excluding hydrogens is 293 g/mol. The van der Waals surface area contributed by atoms with E-state index in [1.165, 1.54) is 30.7 Å². The first-order chi connectivity index (χ1) is 9.80. The van der Waals surface area contributed by atoms with Crippen molar-refractivity contribution in [2.24, 2.45) is 0 Å². The van der Waals surface area contributed by atoms with Crippen molar-refractivity contribution in [3.63, 3.8) is 0 Å². The van der Waals surface area contributed by atoms with Gasteiger partial charge in [-0.2, -0.15) is 8.42 Å². The Bertz CT molecular complexity index is 299. The fourth-order valence-corrected chi connectivity index (χ4v) is 2.82. The predicted octanol–water partition coefficient (Wildman–Crippen LogP) is 3.68. The van der Waals surface area contributed by atoms with Crippen molar-refractivity contribution in [2.75, 3.05) is 38.6 Å². The van der Waals surface area contributed by atoms with E-state index in [9.17, 15) is 12.8 Å². The summed E-state index contributed by atoms with van der Waals surface area (Å²) in [5.41, 5.74) is 0. The zero-order valence-electron chi connectivity index (χ0n) is 14.3. The van der Waals surface area contributed by atoms with Gasteiger partial charge in [0.25, 0.3) is 10.1 Å². The Balaban J connectivity index is 0. The summed E-state index contributed by atoms with van der Waals surface area (Å²) in [5.74, 6) is -0.178. The molecule has 0 aromatic carbocycles. The van der Waals surface area contributed by atoms with Gasteiger partial charge in [0, 0.05) is 0 Å². The molecule has 6 heteroatoms. The molecule has 4 nitrogen and oxygen atoms in total. The summed E-state index contributed by atoms with van der Waals surface area (Å²) < 4.78 is 41.6. The standard InChI is InChI=1S/C8H20N.C7H15FO3S/c1-5-9(6-2,7-3)8-4;8-6-4-2-1-3-5-7-12(9,10)11/h5-8H2,1-4H3;1-7H2,(H,9,10,11)/q+1;. The molecule has 0 spiro atoms. The minimum Gasteiger partial charge on any atom is -0.325 e. The number of halogens is 1. The SMILES string of the molecule is CC[N+](CC)(CC)CC.O=S(=O)(O)CCCCCCCF. The zero-order valence-corrected chi connectivity index (χ0v) is 15.1. The maximum atomic E-state index is 11.6. The van der Waals surface area contributed by atoms with E-state index in [1.54, 1.807) is 0 Å². The van der Waals surface area contributed by atoms with Crippen molar-refractivity contribution in [3.8, 4) is 0 Å². The minimum absolute atomic E-state index is 0.178. The Hall–Kier alpha value is -0.200. The molecule has 0 aromatic heterocycles. The summed E-state index contributed by atoms with van der Waals surface area (Å²) >= 11 is 0. The molecule has 0 saturated carbocycles. The monoisotopic (exact) mass is 328 g/mol. The lowest BCUT2D eigenvalue weighted by Gasteiger charge is -2.34. The molecule has 0 aliphatic heterocycles. The molecule has 0 amide bonds. The summed E-state index contributed by atoms with van der Waals surface area (Å²) in [4.78, 5) is 0. The van der Waals surface area contributed by atoms with E-state index >= 15 is 0 Å². The second-order valence-corrected chi connectivity index (χ2v) is 6.92. The largest absolute Gasteiger partial charge is 0.325 e. The number of rotatable bonds is 11. The first kappa shape index (κ1) is 23.1. The predicted molar refractivity (Wildman–Crippen MR) is 87.9 cm³/mol. The number of hydrogen-bond acceptors (Lipinski definition) is 2. The van der Waals surface area contributed by atoms with E-state index in [0.717, 1.165) is 19.3 Å². The second kappa shape index (κ2) is 13.5. The Morgan fingerprint density at radius 3 is 1.48 bits per heavy atom. The molecule has 0 heterocycles. The number of unbranched alkanes of at least 4 members (excludes halogenated alkanes) is 4. The van der Waals surface area contributed by atoms with Crippen LogP contribution in [0.3, 0.4) is 0 Å². The van der Waals surface area contributed by atoms with Gasteiger partial charge in [-0.05, 0) is 40.5 Å². The molecule has 0 saturated heterocycles. The molecule has 21 heavy (non-hydrogen) atoms. The average molecular weight is 329 g/mol. The summed E-state index contributed by atoms with van der Waals surface area (Å²) in [6, 6.07) is 0. The quantitative estimate of drug-likeness (QED) is 0.358. The van der Waals surface area contributed by atoms with Gasteiger partial charge in [0.05, 0.1) is 38.6 Å². The topological polar surface area (TPSA) is 54.4 Å². The molecule has 0 aliphatic rings. The van der Waals surface area contributed by atoms with E-state index in [1.807, 2.05) is 0 Å². The molecule has 1 N–H and O–H groups in total. The van der Waals surface area contributed by atoms with E-state index < -0.39 is 10.1 Å². The normalized spacial score (nSPS) is 11.9. The van der Waals surface area contributed by atoms with Crippen LogP contribution in [0.2, 0.25) is 0 Å². The molecule has 0 radical (unpaired) electrons. The first-order valence-corrected chi connectivity index (χ1v) is 9.77. The van der Waals surface area contributed by atoms with Crippen molar-refractivity contribution in [1.29, 1.82) is 0 Å². The maximum absolute atomic E-state index is 11.6. The molecule has 0 unspecified atom stereocenters. The first-order valence-electron chi connectivity index (χ1n) is 8.17. The van der Waals surface area contributed by atoms with Gasteiger partial charge in [0.2, 0.25) is 0 Å². The molecular formula is C15H35FNO3S+. The van der Waals surface area contributed by atoms with Crippen LogP contribution >= 0.6 is 0 Å². The average Bonchev–Trinajstić information content (AvgIpc) is 2.45. The van der Waals surface area contributed by atoms with Crippen LogP contribution in [-0.4, -0.2) is 56.1 Å². The van der Waals surface area contributed by atoms with E-state index in [-0.39, 0.29) is 12.4 Å². The van der Waals surface area contributed by atoms with Gasteiger partial charge >= 0.3 is 0 Å². The van der Waals surface area contributed by atoms with Crippen LogP contribution in [0.4, 0.5) is 4.39 Å². The highest BCUT2D eigenvalue weighted by molar-refractivity contribution is 7.85. The highest BCUT2D eigenvalue weighted by Crippen LogP contribution is 2.04. The fourth-order valence-electron chi connectivity index (χ4n) is 2.25. The number of alkyl halides is 1. The Morgan fingerprint density at radius 2 is 1.19 bits per heavy atom. The van der Waals surface area contributed by atoms with E-state index in [2.05, 4.69) is 27.7 Å². The van der Waals surface area contributed by atoms with Gasteiger partial charge in [0.15, 0.2) is 0 Å². The molecule has 0 atom stereocenters. The minimum atomic E-state index is -3.79. The number of nitrogens with zero attached hydrogens (tertiary/aromatic N) is 1. The Morgan fingerprint density at radius 1 is 0.810 bits per heavy atom. The van der Waals surface area contributed by atoms with Crippen LogP contribution in [0.15, 0.2) is 0 Å². The molecule has 0 bridgehead atoms. The number of hydrogen-bond donors (Lipinski definition) is 1. The van der Waals surface area contributed by atoms with Gasteiger partial charge in [0.1, 0.15) is 0 Å². The molecule has 0 aromatic rings. The van der Waals surface area contributed by atoms with Crippen LogP contribution in [0.25, 0.3) is 0 Å². The van der Waals surface area contributed by atoms with Gasteiger partial charge in [-0.1, -0.05) is 19.3 Å². The van der Waals surface area contributed by atoms with Crippen LogP contribution in [-0.2, 0) is 10.1 Å². The number of quaternary nitrogens is 1.